The van der Waals surface area contributed by atoms with E-state index in [0.717, 1.165) is 64.2 Å². The van der Waals surface area contributed by atoms with E-state index in [-0.39, 0.29) is 0 Å². The molecule has 2 aliphatic rings. The molecule has 1 aromatic heterocycles. The standard InChI is InChI=1S/C12H20N6O/c1-16-2-4-17(5-3-16)11-10-13-15-12(14-11)18-6-8-19-9-7-18/h10H,2-9H2,1H3. The Kier molecular flexibility index (Phi) is 3.74. The largest absolute Gasteiger partial charge is 0.378 e. The van der Waals surface area contributed by atoms with Gasteiger partial charge in [-0.15, -0.1) is 5.10 Å². The molecule has 0 saturated carbocycles. The molecule has 1 aromatic rings. The molecule has 7 heteroatoms. The monoisotopic (exact) mass is 264 g/mol. The Balaban J connectivity index is 1.72. The van der Waals surface area contributed by atoms with Crippen molar-refractivity contribution in [3.05, 3.63) is 6.20 Å². The molecule has 0 aromatic carbocycles. The van der Waals surface area contributed by atoms with Crippen LogP contribution in [0.5, 0.6) is 0 Å². The molecule has 2 aliphatic heterocycles. The van der Waals surface area contributed by atoms with Gasteiger partial charge in [0.05, 0.1) is 19.4 Å². The number of morpholine rings is 1. The first-order valence-electron chi connectivity index (χ1n) is 6.79. The Labute approximate surface area is 113 Å². The van der Waals surface area contributed by atoms with Gasteiger partial charge >= 0.3 is 0 Å². The van der Waals surface area contributed by atoms with Crippen LogP contribution in [-0.2, 0) is 4.74 Å². The van der Waals surface area contributed by atoms with Crippen molar-refractivity contribution >= 4 is 11.8 Å². The van der Waals surface area contributed by atoms with E-state index in [2.05, 4.69) is 36.9 Å². The molecule has 0 spiro atoms. The van der Waals surface area contributed by atoms with Gasteiger partial charge in [-0.25, -0.2) is 0 Å². The second-order valence-corrected chi connectivity index (χ2v) is 5.00. The molecule has 7 nitrogen and oxygen atoms in total. The molecule has 0 unspecified atom stereocenters. The summed E-state index contributed by atoms with van der Waals surface area (Å²) in [7, 11) is 2.15. The van der Waals surface area contributed by atoms with Crippen LogP contribution >= 0.6 is 0 Å². The third-order valence-corrected chi connectivity index (χ3v) is 3.66. The summed E-state index contributed by atoms with van der Waals surface area (Å²) in [5.74, 6) is 1.66. The van der Waals surface area contributed by atoms with Gasteiger partial charge < -0.3 is 19.4 Å². The molecule has 0 N–H and O–H groups in total. The molecular weight excluding hydrogens is 244 g/mol. The maximum absolute atomic E-state index is 5.35. The molecule has 0 atom stereocenters. The quantitative estimate of drug-likeness (QED) is 0.711. The smallest absolute Gasteiger partial charge is 0.247 e. The van der Waals surface area contributed by atoms with Gasteiger partial charge in [0, 0.05) is 39.3 Å². The highest BCUT2D eigenvalue weighted by atomic mass is 16.5. The number of hydrogen-bond donors (Lipinski definition) is 0. The number of aromatic nitrogens is 3. The minimum Gasteiger partial charge on any atom is -0.378 e. The first kappa shape index (κ1) is 12.6. The molecule has 2 fully saturated rings. The van der Waals surface area contributed by atoms with Gasteiger partial charge in [0.15, 0.2) is 5.82 Å². The van der Waals surface area contributed by atoms with Crippen LogP contribution in [0.1, 0.15) is 0 Å². The predicted molar refractivity (Wildman–Crippen MR) is 72.6 cm³/mol. The van der Waals surface area contributed by atoms with Crippen molar-refractivity contribution in [1.82, 2.24) is 20.1 Å². The van der Waals surface area contributed by atoms with Crippen molar-refractivity contribution in [3.63, 3.8) is 0 Å². The van der Waals surface area contributed by atoms with Crippen molar-refractivity contribution in [2.75, 3.05) is 69.3 Å². The topological polar surface area (TPSA) is 57.6 Å². The maximum atomic E-state index is 5.35. The van der Waals surface area contributed by atoms with Crippen LogP contribution in [0, 0.1) is 0 Å². The minimum atomic E-state index is 0.722. The van der Waals surface area contributed by atoms with Gasteiger partial charge in [-0.05, 0) is 7.05 Å². The molecule has 3 rings (SSSR count). The number of rotatable bonds is 2. The van der Waals surface area contributed by atoms with E-state index in [1.165, 1.54) is 0 Å². The lowest BCUT2D eigenvalue weighted by molar-refractivity contribution is 0.122. The van der Waals surface area contributed by atoms with Crippen LogP contribution < -0.4 is 9.80 Å². The number of hydrogen-bond acceptors (Lipinski definition) is 7. The predicted octanol–water partition coefficient (Wildman–Crippen LogP) is -0.540. The Morgan fingerprint density at radius 3 is 2.47 bits per heavy atom. The van der Waals surface area contributed by atoms with Crippen LogP contribution in [0.15, 0.2) is 6.20 Å². The van der Waals surface area contributed by atoms with Crippen molar-refractivity contribution < 1.29 is 4.74 Å². The van der Waals surface area contributed by atoms with Crippen LogP contribution in [0.25, 0.3) is 0 Å². The average Bonchev–Trinajstić information content (AvgIpc) is 2.49. The Hall–Kier alpha value is -1.47. The average molecular weight is 264 g/mol. The summed E-state index contributed by atoms with van der Waals surface area (Å²) in [5.41, 5.74) is 0. The lowest BCUT2D eigenvalue weighted by atomic mass is 10.3. The SMILES string of the molecule is CN1CCN(c2cnnc(N3CCOCC3)n2)CC1. The summed E-state index contributed by atoms with van der Waals surface area (Å²) >= 11 is 0. The van der Waals surface area contributed by atoms with E-state index < -0.39 is 0 Å². The summed E-state index contributed by atoms with van der Waals surface area (Å²) in [4.78, 5) is 11.4. The van der Waals surface area contributed by atoms with Crippen molar-refractivity contribution in [2.45, 2.75) is 0 Å². The van der Waals surface area contributed by atoms with Crippen LogP contribution in [0.3, 0.4) is 0 Å². The summed E-state index contributed by atoms with van der Waals surface area (Å²) in [6.45, 7) is 7.29. The van der Waals surface area contributed by atoms with Gasteiger partial charge in [-0.3, -0.25) is 0 Å². The van der Waals surface area contributed by atoms with Gasteiger partial charge in [-0.1, -0.05) is 0 Å². The molecule has 19 heavy (non-hydrogen) atoms. The fourth-order valence-electron chi connectivity index (χ4n) is 2.37. The van der Waals surface area contributed by atoms with Gasteiger partial charge in [0.1, 0.15) is 0 Å². The number of likely N-dealkylation sites (N-methyl/N-ethyl adjacent to an activating group) is 1. The molecule has 0 amide bonds. The Morgan fingerprint density at radius 1 is 1.00 bits per heavy atom. The van der Waals surface area contributed by atoms with Gasteiger partial charge in [-0.2, -0.15) is 10.1 Å². The maximum Gasteiger partial charge on any atom is 0.247 e. The third kappa shape index (κ3) is 2.93. The first-order valence-corrected chi connectivity index (χ1v) is 6.79. The normalized spacial score (nSPS) is 21.7. The first-order chi connectivity index (χ1) is 9.33. The summed E-state index contributed by atoms with van der Waals surface area (Å²) in [5, 5.41) is 8.25. The highest BCUT2D eigenvalue weighted by Crippen LogP contribution is 2.15. The highest BCUT2D eigenvalue weighted by Gasteiger charge is 2.19. The van der Waals surface area contributed by atoms with Crippen molar-refractivity contribution in [2.24, 2.45) is 0 Å². The molecule has 2 saturated heterocycles. The highest BCUT2D eigenvalue weighted by molar-refractivity contribution is 5.42. The number of piperazine rings is 1. The second-order valence-electron chi connectivity index (χ2n) is 5.00. The van der Waals surface area contributed by atoms with E-state index in [4.69, 9.17) is 4.74 Å². The molecule has 104 valence electrons. The Bertz CT molecular complexity index is 414. The van der Waals surface area contributed by atoms with E-state index in [0.29, 0.717) is 0 Å². The third-order valence-electron chi connectivity index (χ3n) is 3.66. The molecular formula is C12H20N6O. The van der Waals surface area contributed by atoms with Crippen molar-refractivity contribution in [1.29, 1.82) is 0 Å². The summed E-state index contributed by atoms with van der Waals surface area (Å²) in [6.07, 6.45) is 1.76. The van der Waals surface area contributed by atoms with Gasteiger partial charge in [0.25, 0.3) is 0 Å². The lowest BCUT2D eigenvalue weighted by Crippen LogP contribution is -2.45. The van der Waals surface area contributed by atoms with Crippen LogP contribution in [0.4, 0.5) is 11.8 Å². The van der Waals surface area contributed by atoms with Crippen LogP contribution in [-0.4, -0.2) is 79.6 Å². The summed E-state index contributed by atoms with van der Waals surface area (Å²) < 4.78 is 5.35. The lowest BCUT2D eigenvalue weighted by Gasteiger charge is -2.33. The fraction of sp³-hybridized carbons (Fsp3) is 0.750. The number of ether oxygens (including phenoxy) is 1. The zero-order chi connectivity index (χ0) is 13.1. The van der Waals surface area contributed by atoms with Gasteiger partial charge in [0.2, 0.25) is 5.95 Å². The molecule has 0 radical (unpaired) electrons. The summed E-state index contributed by atoms with van der Waals surface area (Å²) in [6, 6.07) is 0. The Morgan fingerprint density at radius 2 is 1.74 bits per heavy atom. The number of nitrogens with zero attached hydrogens (tertiary/aromatic N) is 6. The number of anilines is 2. The minimum absolute atomic E-state index is 0.722. The molecule has 0 aliphatic carbocycles. The zero-order valence-electron chi connectivity index (χ0n) is 11.3. The fourth-order valence-corrected chi connectivity index (χ4v) is 2.37. The van der Waals surface area contributed by atoms with Crippen molar-refractivity contribution in [3.8, 4) is 0 Å². The van der Waals surface area contributed by atoms with E-state index >= 15 is 0 Å². The van der Waals surface area contributed by atoms with E-state index in [1.807, 2.05) is 0 Å². The zero-order valence-corrected chi connectivity index (χ0v) is 11.3. The molecule has 3 heterocycles. The second kappa shape index (κ2) is 5.66. The van der Waals surface area contributed by atoms with E-state index in [9.17, 15) is 0 Å². The molecule has 0 bridgehead atoms. The van der Waals surface area contributed by atoms with Crippen LogP contribution in [0.2, 0.25) is 0 Å². The van der Waals surface area contributed by atoms with E-state index in [1.54, 1.807) is 6.20 Å².